The topological polar surface area (TPSA) is 56.1 Å². The smallest absolute Gasteiger partial charge is 0.237 e. The van der Waals surface area contributed by atoms with E-state index in [-0.39, 0.29) is 11.9 Å². The lowest BCUT2D eigenvalue weighted by molar-refractivity contribution is -0.133. The molecule has 3 saturated carbocycles. The fourth-order valence-corrected chi connectivity index (χ4v) is 4.94. The Morgan fingerprint density at radius 1 is 1.43 bits per heavy atom. The minimum absolute atomic E-state index is 0.102. The second kappa shape index (κ2) is 5.28. The van der Waals surface area contributed by atoms with Gasteiger partial charge in [0.05, 0.1) is 12.6 Å². The summed E-state index contributed by atoms with van der Waals surface area (Å²) in [5.74, 6) is 2.35. The van der Waals surface area contributed by atoms with Crippen molar-refractivity contribution in [2.45, 2.75) is 58.5 Å². The highest BCUT2D eigenvalue weighted by Gasteiger charge is 2.56. The highest BCUT2D eigenvalue weighted by molar-refractivity contribution is 5.79. The lowest BCUT2D eigenvalue weighted by Crippen LogP contribution is -2.60. The number of nitrogens with zero attached hydrogens (tertiary/aromatic N) is 2. The maximum absolute atomic E-state index is 12.3. The van der Waals surface area contributed by atoms with E-state index in [1.54, 1.807) is 4.90 Å². The van der Waals surface area contributed by atoms with Crippen LogP contribution in [0.4, 0.5) is 0 Å². The van der Waals surface area contributed by atoms with Gasteiger partial charge in [-0.2, -0.15) is 5.26 Å². The first-order valence-corrected chi connectivity index (χ1v) is 8.37. The van der Waals surface area contributed by atoms with E-state index in [2.05, 4.69) is 32.2 Å². The van der Waals surface area contributed by atoms with Crippen LogP contribution in [0, 0.1) is 34.5 Å². The molecule has 0 spiro atoms. The van der Waals surface area contributed by atoms with Crippen LogP contribution in [0.3, 0.4) is 0 Å². The van der Waals surface area contributed by atoms with E-state index in [4.69, 9.17) is 5.26 Å². The quantitative estimate of drug-likeness (QED) is 0.866. The number of nitrogens with one attached hydrogen (secondary N) is 1. The average molecular weight is 289 g/mol. The van der Waals surface area contributed by atoms with Gasteiger partial charge in [0.1, 0.15) is 6.04 Å². The molecule has 1 saturated heterocycles. The molecule has 0 aromatic rings. The Morgan fingerprint density at radius 3 is 2.81 bits per heavy atom. The number of carbonyl (C=O) groups excluding carboxylic acids is 1. The van der Waals surface area contributed by atoms with Crippen LogP contribution in [0.1, 0.15) is 46.5 Å². The molecule has 1 heterocycles. The van der Waals surface area contributed by atoms with Gasteiger partial charge in [0.15, 0.2) is 0 Å². The molecule has 1 N–H and O–H groups in total. The fourth-order valence-electron chi connectivity index (χ4n) is 4.94. The molecule has 0 aromatic heterocycles. The molecule has 1 amide bonds. The molecule has 5 atom stereocenters. The van der Waals surface area contributed by atoms with Crippen LogP contribution in [0.25, 0.3) is 0 Å². The number of carbonyl (C=O) groups is 1. The predicted molar refractivity (Wildman–Crippen MR) is 81.3 cm³/mol. The summed E-state index contributed by atoms with van der Waals surface area (Å²) in [6.07, 6.45) is 4.35. The van der Waals surface area contributed by atoms with Gasteiger partial charge >= 0.3 is 0 Å². The van der Waals surface area contributed by atoms with Crippen molar-refractivity contribution in [1.29, 1.82) is 5.26 Å². The molecule has 0 unspecified atom stereocenters. The van der Waals surface area contributed by atoms with Gasteiger partial charge in [0.2, 0.25) is 5.91 Å². The van der Waals surface area contributed by atoms with E-state index in [9.17, 15) is 4.79 Å². The van der Waals surface area contributed by atoms with Crippen LogP contribution >= 0.6 is 0 Å². The summed E-state index contributed by atoms with van der Waals surface area (Å²) in [7, 11) is 0. The van der Waals surface area contributed by atoms with E-state index in [1.165, 1.54) is 12.8 Å². The van der Waals surface area contributed by atoms with Crippen molar-refractivity contribution < 1.29 is 4.79 Å². The Hall–Kier alpha value is -1.08. The maximum atomic E-state index is 12.3. The second-order valence-corrected chi connectivity index (χ2v) is 7.82. The standard InChI is InChI=1S/C17H27N3O/c1-11-14-7-12(17(14,2)3)8-15(11)19-10-16(21)20-6-4-5-13(20)9-18/h11-15,19H,4-8,10H2,1-3H3/t11-,12-,13+,14+,15-/m1/s1. The summed E-state index contributed by atoms with van der Waals surface area (Å²) in [6, 6.07) is 2.51. The third-order valence-corrected chi connectivity index (χ3v) is 6.59. The molecule has 116 valence electrons. The maximum Gasteiger partial charge on any atom is 0.237 e. The lowest BCUT2D eigenvalue weighted by atomic mass is 9.45. The molecule has 0 radical (unpaired) electrons. The third-order valence-electron chi connectivity index (χ3n) is 6.59. The summed E-state index contributed by atoms with van der Waals surface area (Å²) >= 11 is 0. The first kappa shape index (κ1) is 14.8. The highest BCUT2D eigenvalue weighted by atomic mass is 16.2. The lowest BCUT2D eigenvalue weighted by Gasteiger charge is -2.62. The average Bonchev–Trinajstić information content (AvgIpc) is 2.93. The van der Waals surface area contributed by atoms with Gasteiger partial charge in [-0.25, -0.2) is 0 Å². The van der Waals surface area contributed by atoms with Crippen molar-refractivity contribution in [2.24, 2.45) is 23.2 Å². The Labute approximate surface area is 127 Å². The summed E-state index contributed by atoms with van der Waals surface area (Å²) in [5, 5.41) is 12.6. The molecule has 21 heavy (non-hydrogen) atoms. The van der Waals surface area contributed by atoms with E-state index in [0.29, 0.717) is 23.9 Å². The van der Waals surface area contributed by atoms with Gasteiger partial charge in [-0.1, -0.05) is 20.8 Å². The normalized spacial score (nSPS) is 40.5. The molecular formula is C17H27N3O. The van der Waals surface area contributed by atoms with Crippen LogP contribution in [-0.2, 0) is 4.79 Å². The molecule has 4 nitrogen and oxygen atoms in total. The SMILES string of the molecule is C[C@H]1[C@H](NCC(=O)N2CCC[C@H]2C#N)C[C@H]2C[C@@H]1C2(C)C. The van der Waals surface area contributed by atoms with Crippen molar-refractivity contribution in [1.82, 2.24) is 10.2 Å². The molecule has 0 aromatic carbocycles. The van der Waals surface area contributed by atoms with Gasteiger partial charge in [-0.3, -0.25) is 4.79 Å². The Morgan fingerprint density at radius 2 is 2.19 bits per heavy atom. The minimum atomic E-state index is -0.199. The van der Waals surface area contributed by atoms with Crippen LogP contribution in [0.5, 0.6) is 0 Å². The summed E-state index contributed by atoms with van der Waals surface area (Å²) in [4.78, 5) is 14.1. The third kappa shape index (κ3) is 2.36. The first-order chi connectivity index (χ1) is 9.95. The van der Waals surface area contributed by atoms with E-state index < -0.39 is 0 Å². The number of amides is 1. The van der Waals surface area contributed by atoms with Crippen LogP contribution in [-0.4, -0.2) is 36.0 Å². The van der Waals surface area contributed by atoms with E-state index in [1.807, 2.05) is 0 Å². The van der Waals surface area contributed by atoms with Gasteiger partial charge in [0, 0.05) is 12.6 Å². The van der Waals surface area contributed by atoms with Crippen molar-refractivity contribution in [2.75, 3.05) is 13.1 Å². The fraction of sp³-hybridized carbons (Fsp3) is 0.882. The van der Waals surface area contributed by atoms with Crippen molar-refractivity contribution in [3.63, 3.8) is 0 Å². The summed E-state index contributed by atoms with van der Waals surface area (Å²) < 4.78 is 0. The molecule has 4 fully saturated rings. The molecule has 3 aliphatic carbocycles. The Bertz CT molecular complexity index is 467. The monoisotopic (exact) mass is 289 g/mol. The zero-order valence-corrected chi connectivity index (χ0v) is 13.4. The van der Waals surface area contributed by atoms with Gasteiger partial charge < -0.3 is 10.2 Å². The Kier molecular flexibility index (Phi) is 3.73. The number of nitriles is 1. The van der Waals surface area contributed by atoms with E-state index in [0.717, 1.165) is 31.2 Å². The molecule has 1 aliphatic heterocycles. The van der Waals surface area contributed by atoms with Crippen molar-refractivity contribution >= 4 is 5.91 Å². The minimum Gasteiger partial charge on any atom is -0.326 e. The number of fused-ring (bicyclic) bond motifs is 2. The predicted octanol–water partition coefficient (Wildman–Crippen LogP) is 2.16. The zero-order valence-electron chi connectivity index (χ0n) is 13.4. The molecular weight excluding hydrogens is 262 g/mol. The summed E-state index contributed by atoms with van der Waals surface area (Å²) in [6.45, 7) is 8.26. The second-order valence-electron chi connectivity index (χ2n) is 7.82. The first-order valence-electron chi connectivity index (χ1n) is 8.37. The number of hydrogen-bond donors (Lipinski definition) is 1. The van der Waals surface area contributed by atoms with Crippen LogP contribution < -0.4 is 5.32 Å². The zero-order chi connectivity index (χ0) is 15.2. The number of rotatable bonds is 3. The Balaban J connectivity index is 1.52. The van der Waals surface area contributed by atoms with Gasteiger partial charge in [0.25, 0.3) is 0 Å². The number of likely N-dealkylation sites (tertiary alicyclic amines) is 1. The molecule has 2 bridgehead atoms. The van der Waals surface area contributed by atoms with Gasteiger partial charge in [-0.15, -0.1) is 0 Å². The van der Waals surface area contributed by atoms with Gasteiger partial charge in [-0.05, 0) is 48.9 Å². The molecule has 4 rings (SSSR count). The highest BCUT2D eigenvalue weighted by Crippen LogP contribution is 2.61. The van der Waals surface area contributed by atoms with E-state index >= 15 is 0 Å². The molecule has 4 heteroatoms. The summed E-state index contributed by atoms with van der Waals surface area (Å²) in [5.41, 5.74) is 0.489. The van der Waals surface area contributed by atoms with Crippen LogP contribution in [0.15, 0.2) is 0 Å². The van der Waals surface area contributed by atoms with Crippen molar-refractivity contribution in [3.05, 3.63) is 0 Å². The van der Waals surface area contributed by atoms with Crippen molar-refractivity contribution in [3.8, 4) is 6.07 Å². The largest absolute Gasteiger partial charge is 0.326 e. The molecule has 4 aliphatic rings. The van der Waals surface area contributed by atoms with Crippen LogP contribution in [0.2, 0.25) is 0 Å². The number of hydrogen-bond acceptors (Lipinski definition) is 3.